The van der Waals surface area contributed by atoms with E-state index in [2.05, 4.69) is 0 Å². The third-order valence-corrected chi connectivity index (χ3v) is 6.27. The van der Waals surface area contributed by atoms with Crippen LogP contribution < -0.4 is 3.82 Å². The molecule has 1 heterocycles. The Balaban J connectivity index is 2.89. The molecular weight excluding hydrogens is 390 g/mol. The third kappa shape index (κ3) is 2.68. The monoisotopic (exact) mass is 396 g/mol. The Morgan fingerprint density at radius 3 is 1.71 bits per heavy atom. The zero-order valence-corrected chi connectivity index (χ0v) is 12.7. The first kappa shape index (κ1) is 18.4. The molecule has 1 aromatic heterocycles. The van der Waals surface area contributed by atoms with Crippen molar-refractivity contribution in [2.75, 3.05) is 3.82 Å². The maximum Gasteiger partial charge on any atom is 0.519 e. The van der Waals surface area contributed by atoms with Gasteiger partial charge in [0.05, 0.1) is 5.52 Å². The molecule has 0 amide bonds. The lowest BCUT2D eigenvalue weighted by Crippen LogP contribution is -2.54. The van der Waals surface area contributed by atoms with Gasteiger partial charge in [0.1, 0.15) is 0 Å². The Labute approximate surface area is 131 Å². The predicted octanol–water partition coefficient (Wildman–Crippen LogP) is 2.28. The summed E-state index contributed by atoms with van der Waals surface area (Å²) in [6.45, 7) is 0. The largest absolute Gasteiger partial charge is 0.519 e. The highest BCUT2D eigenvalue weighted by Crippen LogP contribution is 2.35. The topological polar surface area (TPSA) is 76.5 Å². The summed E-state index contributed by atoms with van der Waals surface area (Å²) in [4.78, 5) is 0. The summed E-state index contributed by atoms with van der Waals surface area (Å²) in [5.74, 6) is 0. The summed E-state index contributed by atoms with van der Waals surface area (Å²) in [6.07, 6.45) is 0.469. The van der Waals surface area contributed by atoms with Crippen molar-refractivity contribution in [3.05, 3.63) is 36.5 Å². The van der Waals surface area contributed by atoms with E-state index < -0.39 is 40.4 Å². The van der Waals surface area contributed by atoms with E-state index in [9.17, 15) is 43.2 Å². The fourth-order valence-electron chi connectivity index (χ4n) is 1.75. The number of sulfonamides is 2. The van der Waals surface area contributed by atoms with E-state index in [1.165, 1.54) is 18.2 Å². The predicted molar refractivity (Wildman–Crippen MR) is 70.1 cm³/mol. The van der Waals surface area contributed by atoms with Crippen molar-refractivity contribution >= 4 is 30.9 Å². The summed E-state index contributed by atoms with van der Waals surface area (Å²) < 4.78 is 120. The Bertz CT molecular complexity index is 931. The summed E-state index contributed by atoms with van der Waals surface area (Å²) in [5.41, 5.74) is -13.0. The number of halogens is 6. The van der Waals surface area contributed by atoms with Gasteiger partial charge in [-0.15, -0.1) is 0 Å². The zero-order chi connectivity index (χ0) is 18.6. The van der Waals surface area contributed by atoms with Crippen LogP contribution in [0.5, 0.6) is 0 Å². The first-order valence-electron chi connectivity index (χ1n) is 5.71. The first-order valence-corrected chi connectivity index (χ1v) is 8.59. The van der Waals surface area contributed by atoms with Crippen LogP contribution in [0.1, 0.15) is 0 Å². The second kappa shape index (κ2) is 5.27. The minimum Gasteiger partial charge on any atom is -0.236 e. The number of alkyl halides is 6. The van der Waals surface area contributed by atoms with Gasteiger partial charge < -0.3 is 0 Å². The summed E-state index contributed by atoms with van der Waals surface area (Å²) >= 11 is 0. The number of rotatable bonds is 3. The van der Waals surface area contributed by atoms with Crippen LogP contribution in [-0.4, -0.2) is 32.5 Å². The molecule has 0 N–H and O–H groups in total. The molecule has 1 aromatic carbocycles. The van der Waals surface area contributed by atoms with Crippen LogP contribution in [0.4, 0.5) is 26.3 Å². The second-order valence-corrected chi connectivity index (χ2v) is 8.05. The molecule has 24 heavy (non-hydrogen) atoms. The normalized spacial score (nSPS) is 14.1. The van der Waals surface area contributed by atoms with E-state index in [0.29, 0.717) is 6.20 Å². The van der Waals surface area contributed by atoms with Gasteiger partial charge in [0.25, 0.3) is 0 Å². The van der Waals surface area contributed by atoms with Gasteiger partial charge in [0, 0.05) is 11.6 Å². The quantitative estimate of drug-likeness (QED) is 0.746. The van der Waals surface area contributed by atoms with Crippen LogP contribution in [0, 0.1) is 0 Å². The Morgan fingerprint density at radius 2 is 1.25 bits per heavy atom. The van der Waals surface area contributed by atoms with Crippen LogP contribution in [-0.2, 0) is 20.0 Å². The smallest absolute Gasteiger partial charge is 0.236 e. The zero-order valence-electron chi connectivity index (χ0n) is 11.1. The fraction of sp³-hybridized carbons (Fsp3) is 0.200. The van der Waals surface area contributed by atoms with Gasteiger partial charge in [0.2, 0.25) is 0 Å². The lowest BCUT2D eigenvalue weighted by Gasteiger charge is -2.26. The third-order valence-electron chi connectivity index (χ3n) is 2.75. The average Bonchev–Trinajstić information content (AvgIpc) is 2.80. The highest BCUT2D eigenvalue weighted by Gasteiger charge is 2.62. The molecule has 0 radical (unpaired) electrons. The molecule has 2 rings (SSSR count). The Kier molecular flexibility index (Phi) is 4.04. The van der Waals surface area contributed by atoms with Gasteiger partial charge in [-0.2, -0.15) is 43.2 Å². The Morgan fingerprint density at radius 1 is 0.792 bits per heavy atom. The van der Waals surface area contributed by atoms with E-state index in [1.807, 2.05) is 0 Å². The number of fused-ring (bicyclic) bond motifs is 1. The van der Waals surface area contributed by atoms with E-state index in [0.717, 1.165) is 12.1 Å². The van der Waals surface area contributed by atoms with Gasteiger partial charge >= 0.3 is 31.1 Å². The number of benzene rings is 1. The SMILES string of the molecule is O=S(=O)(N(n1ccc2ccccc21)S(=O)(=O)C(F)(F)F)C(F)(F)F. The first-order chi connectivity index (χ1) is 10.7. The van der Waals surface area contributed by atoms with Gasteiger partial charge in [-0.3, -0.25) is 0 Å². The molecule has 134 valence electrons. The Hall–Kier alpha value is -1.96. The number of hydrogen-bond donors (Lipinski definition) is 0. The standard InChI is InChI=1S/C10H6F6N2O4S2/c11-9(12,13)23(19,20)18(24(21,22)10(14,15)16)17-6-5-7-3-1-2-4-8(7)17/h1-6H. The molecule has 0 aliphatic rings. The van der Waals surface area contributed by atoms with Crippen molar-refractivity contribution in [3.8, 4) is 0 Å². The minimum atomic E-state index is -6.91. The van der Waals surface area contributed by atoms with Crippen LogP contribution in [0.15, 0.2) is 36.5 Å². The molecular formula is C10H6F6N2O4S2. The van der Waals surface area contributed by atoms with Crippen LogP contribution in [0.25, 0.3) is 10.9 Å². The van der Waals surface area contributed by atoms with Crippen molar-refractivity contribution in [2.24, 2.45) is 0 Å². The van der Waals surface area contributed by atoms with E-state index in [4.69, 9.17) is 0 Å². The molecule has 0 fully saturated rings. The molecule has 0 saturated heterocycles. The molecule has 0 spiro atoms. The molecule has 0 atom stereocenters. The summed E-state index contributed by atoms with van der Waals surface area (Å²) in [6, 6.07) is 5.70. The van der Waals surface area contributed by atoms with Gasteiger partial charge in [-0.25, -0.2) is 4.68 Å². The molecule has 6 nitrogen and oxygen atoms in total. The second-order valence-electron chi connectivity index (χ2n) is 4.30. The lowest BCUT2D eigenvalue weighted by molar-refractivity contribution is -0.0471. The summed E-state index contributed by atoms with van der Waals surface area (Å²) in [7, 11) is -13.8. The number of para-hydroxylation sites is 1. The van der Waals surface area contributed by atoms with Crippen LogP contribution in [0.3, 0.4) is 0 Å². The lowest BCUT2D eigenvalue weighted by atomic mass is 10.3. The van der Waals surface area contributed by atoms with Crippen molar-refractivity contribution in [1.29, 1.82) is 0 Å². The molecule has 0 aliphatic carbocycles. The van der Waals surface area contributed by atoms with Crippen molar-refractivity contribution in [1.82, 2.24) is 4.68 Å². The molecule has 0 bridgehead atoms. The molecule has 0 saturated carbocycles. The van der Waals surface area contributed by atoms with Crippen LogP contribution in [0.2, 0.25) is 0 Å². The van der Waals surface area contributed by atoms with E-state index in [-0.39, 0.29) is 10.1 Å². The van der Waals surface area contributed by atoms with Crippen molar-refractivity contribution in [2.45, 2.75) is 11.0 Å². The maximum absolute atomic E-state index is 12.7. The fourth-order valence-corrected chi connectivity index (χ4v) is 4.39. The van der Waals surface area contributed by atoms with Crippen molar-refractivity contribution < 1.29 is 43.2 Å². The van der Waals surface area contributed by atoms with Gasteiger partial charge in [-0.05, 0) is 12.1 Å². The average molecular weight is 396 g/mol. The highest BCUT2D eigenvalue weighted by atomic mass is 32.3. The maximum atomic E-state index is 12.7. The van der Waals surface area contributed by atoms with E-state index >= 15 is 0 Å². The number of nitrogens with zero attached hydrogens (tertiary/aromatic N) is 2. The molecule has 0 unspecified atom stereocenters. The molecule has 2 aromatic rings. The minimum absolute atomic E-state index is 0.0252. The number of aromatic nitrogens is 1. The molecule has 14 heteroatoms. The van der Waals surface area contributed by atoms with E-state index in [1.54, 1.807) is 0 Å². The number of hydrogen-bond acceptors (Lipinski definition) is 4. The summed E-state index contributed by atoms with van der Waals surface area (Å²) in [5, 5.41) is 0.0252. The van der Waals surface area contributed by atoms with Crippen molar-refractivity contribution in [3.63, 3.8) is 0 Å². The van der Waals surface area contributed by atoms with Gasteiger partial charge in [-0.1, -0.05) is 22.0 Å². The van der Waals surface area contributed by atoms with Gasteiger partial charge in [0.15, 0.2) is 0 Å². The molecule has 0 aliphatic heterocycles. The highest BCUT2D eigenvalue weighted by molar-refractivity contribution is 8.10. The van der Waals surface area contributed by atoms with Crippen LogP contribution >= 0.6 is 0 Å².